The Kier molecular flexibility index (Phi) is 2.49. The van der Waals surface area contributed by atoms with E-state index in [1.165, 1.54) is 27.8 Å². The first kappa shape index (κ1) is 10.5. The van der Waals surface area contributed by atoms with Crippen LogP contribution >= 0.6 is 0 Å². The molecule has 1 nitrogen and oxygen atoms in total. The van der Waals surface area contributed by atoms with Gasteiger partial charge in [-0.05, 0) is 41.7 Å². The Labute approximate surface area is 102 Å². The van der Waals surface area contributed by atoms with Gasteiger partial charge in [0.1, 0.15) is 0 Å². The van der Waals surface area contributed by atoms with Crippen LogP contribution in [0, 0.1) is 13.8 Å². The van der Waals surface area contributed by atoms with Crippen molar-refractivity contribution in [1.29, 1.82) is 0 Å². The summed E-state index contributed by atoms with van der Waals surface area (Å²) >= 11 is 0. The minimum absolute atomic E-state index is 0.367. The molecule has 1 unspecified atom stereocenters. The lowest BCUT2D eigenvalue weighted by Crippen LogP contribution is -2.14. The van der Waals surface area contributed by atoms with Crippen molar-refractivity contribution in [2.24, 2.45) is 0 Å². The van der Waals surface area contributed by atoms with Crippen molar-refractivity contribution in [3.05, 3.63) is 70.3 Å². The van der Waals surface area contributed by atoms with E-state index in [4.69, 9.17) is 0 Å². The second kappa shape index (κ2) is 4.01. The molecule has 0 saturated carbocycles. The first-order valence-corrected chi connectivity index (χ1v) is 6.14. The molecule has 0 aliphatic carbocycles. The molecule has 17 heavy (non-hydrogen) atoms. The summed E-state index contributed by atoms with van der Waals surface area (Å²) in [5.41, 5.74) is 7.05. The molecular weight excluding hydrogens is 206 g/mol. The summed E-state index contributed by atoms with van der Waals surface area (Å²) < 4.78 is 0. The van der Waals surface area contributed by atoms with Gasteiger partial charge in [0.25, 0.3) is 0 Å². The fourth-order valence-electron chi connectivity index (χ4n) is 2.66. The van der Waals surface area contributed by atoms with E-state index in [1.54, 1.807) is 0 Å². The zero-order valence-corrected chi connectivity index (χ0v) is 10.3. The Morgan fingerprint density at radius 3 is 2.59 bits per heavy atom. The van der Waals surface area contributed by atoms with E-state index >= 15 is 0 Å². The normalized spacial score (nSPS) is 18.1. The Morgan fingerprint density at radius 1 is 0.941 bits per heavy atom. The summed E-state index contributed by atoms with van der Waals surface area (Å²) in [7, 11) is 0. The first-order chi connectivity index (χ1) is 8.27. The van der Waals surface area contributed by atoms with E-state index in [-0.39, 0.29) is 0 Å². The monoisotopic (exact) mass is 223 g/mol. The predicted molar refractivity (Wildman–Crippen MR) is 71.0 cm³/mol. The van der Waals surface area contributed by atoms with Crippen molar-refractivity contribution in [3.63, 3.8) is 0 Å². The number of benzene rings is 2. The second-order valence-electron chi connectivity index (χ2n) is 4.80. The summed E-state index contributed by atoms with van der Waals surface area (Å²) in [6, 6.07) is 15.6. The third kappa shape index (κ3) is 1.67. The fraction of sp³-hybridized carbons (Fsp3) is 0.250. The van der Waals surface area contributed by atoms with Gasteiger partial charge in [-0.15, -0.1) is 0 Å². The molecule has 1 aliphatic heterocycles. The highest BCUT2D eigenvalue weighted by molar-refractivity contribution is 5.45. The molecular formula is C16H17N. The Morgan fingerprint density at radius 2 is 1.71 bits per heavy atom. The fourth-order valence-corrected chi connectivity index (χ4v) is 2.66. The zero-order valence-electron chi connectivity index (χ0n) is 10.3. The highest BCUT2D eigenvalue weighted by Gasteiger charge is 2.23. The smallest absolute Gasteiger partial charge is 0.0585 e. The van der Waals surface area contributed by atoms with Gasteiger partial charge in [0.15, 0.2) is 0 Å². The number of hydrogen-bond donors (Lipinski definition) is 1. The Bertz CT molecular complexity index is 557. The molecule has 2 aromatic rings. The lowest BCUT2D eigenvalue weighted by Gasteiger charge is -2.16. The van der Waals surface area contributed by atoms with Crippen LogP contribution in [0.25, 0.3) is 0 Å². The highest BCUT2D eigenvalue weighted by atomic mass is 14.9. The van der Waals surface area contributed by atoms with E-state index in [0.29, 0.717) is 6.04 Å². The molecule has 0 bridgehead atoms. The van der Waals surface area contributed by atoms with E-state index in [1.807, 2.05) is 0 Å². The van der Waals surface area contributed by atoms with Crippen LogP contribution in [0.5, 0.6) is 0 Å². The lowest BCUT2D eigenvalue weighted by molar-refractivity contribution is 0.663. The van der Waals surface area contributed by atoms with Crippen molar-refractivity contribution in [3.8, 4) is 0 Å². The predicted octanol–water partition coefficient (Wildman–Crippen LogP) is 3.50. The van der Waals surface area contributed by atoms with Crippen molar-refractivity contribution < 1.29 is 0 Å². The molecule has 1 heterocycles. The van der Waals surface area contributed by atoms with Crippen LogP contribution in [0.1, 0.15) is 33.9 Å². The molecule has 1 heteroatoms. The Balaban J connectivity index is 2.10. The molecule has 86 valence electrons. The van der Waals surface area contributed by atoms with Gasteiger partial charge in [0, 0.05) is 6.54 Å². The van der Waals surface area contributed by atoms with Gasteiger partial charge < -0.3 is 5.32 Å². The van der Waals surface area contributed by atoms with Crippen LogP contribution in [0.15, 0.2) is 42.5 Å². The van der Waals surface area contributed by atoms with E-state index in [0.717, 1.165) is 6.54 Å². The summed E-state index contributed by atoms with van der Waals surface area (Å²) in [5.74, 6) is 0. The van der Waals surface area contributed by atoms with Gasteiger partial charge in [-0.25, -0.2) is 0 Å². The quantitative estimate of drug-likeness (QED) is 0.780. The minimum atomic E-state index is 0.367. The van der Waals surface area contributed by atoms with Gasteiger partial charge in [-0.2, -0.15) is 0 Å². The first-order valence-electron chi connectivity index (χ1n) is 6.14. The highest BCUT2D eigenvalue weighted by Crippen LogP contribution is 2.32. The molecule has 2 aromatic carbocycles. The maximum Gasteiger partial charge on any atom is 0.0585 e. The molecule has 1 N–H and O–H groups in total. The molecule has 0 spiro atoms. The van der Waals surface area contributed by atoms with Crippen molar-refractivity contribution >= 4 is 0 Å². The van der Waals surface area contributed by atoms with Gasteiger partial charge in [-0.3, -0.25) is 0 Å². The van der Waals surface area contributed by atoms with Crippen LogP contribution in [0.2, 0.25) is 0 Å². The van der Waals surface area contributed by atoms with Crippen molar-refractivity contribution in [2.45, 2.75) is 26.4 Å². The number of nitrogens with one attached hydrogen (secondary N) is 1. The van der Waals surface area contributed by atoms with Crippen LogP contribution in [0.4, 0.5) is 0 Å². The molecule has 3 rings (SSSR count). The summed E-state index contributed by atoms with van der Waals surface area (Å²) in [6.45, 7) is 5.38. The molecule has 0 amide bonds. The molecule has 1 aliphatic rings. The standard InChI is InChI=1S/C16H17N/c1-11-6-5-9-14(12(11)2)16-15-8-4-3-7-13(15)10-17-16/h3-9,16-17H,10H2,1-2H3. The van der Waals surface area contributed by atoms with E-state index in [9.17, 15) is 0 Å². The third-order valence-corrected chi connectivity index (χ3v) is 3.82. The minimum Gasteiger partial charge on any atom is -0.302 e. The van der Waals surface area contributed by atoms with Crippen LogP contribution in [0.3, 0.4) is 0 Å². The van der Waals surface area contributed by atoms with Gasteiger partial charge in [0.2, 0.25) is 0 Å². The summed E-state index contributed by atoms with van der Waals surface area (Å²) in [4.78, 5) is 0. The van der Waals surface area contributed by atoms with Gasteiger partial charge in [-0.1, -0.05) is 42.5 Å². The summed E-state index contributed by atoms with van der Waals surface area (Å²) in [6.07, 6.45) is 0. The SMILES string of the molecule is Cc1cccc(C2NCc3ccccc32)c1C. The van der Waals surface area contributed by atoms with Crippen molar-refractivity contribution in [2.75, 3.05) is 0 Å². The van der Waals surface area contributed by atoms with Crippen LogP contribution in [-0.4, -0.2) is 0 Å². The van der Waals surface area contributed by atoms with Gasteiger partial charge >= 0.3 is 0 Å². The number of hydrogen-bond acceptors (Lipinski definition) is 1. The van der Waals surface area contributed by atoms with E-state index in [2.05, 4.69) is 61.6 Å². The molecule has 0 saturated heterocycles. The average molecular weight is 223 g/mol. The number of fused-ring (bicyclic) bond motifs is 1. The maximum atomic E-state index is 3.61. The lowest BCUT2D eigenvalue weighted by atomic mass is 9.93. The Hall–Kier alpha value is -1.60. The number of rotatable bonds is 1. The maximum absolute atomic E-state index is 3.61. The molecule has 0 radical (unpaired) electrons. The van der Waals surface area contributed by atoms with Gasteiger partial charge in [0.05, 0.1) is 6.04 Å². The second-order valence-corrected chi connectivity index (χ2v) is 4.80. The topological polar surface area (TPSA) is 12.0 Å². The summed E-state index contributed by atoms with van der Waals surface area (Å²) in [5, 5.41) is 3.61. The molecule has 1 atom stereocenters. The average Bonchev–Trinajstić information content (AvgIpc) is 2.77. The molecule has 0 aromatic heterocycles. The van der Waals surface area contributed by atoms with E-state index < -0.39 is 0 Å². The van der Waals surface area contributed by atoms with Crippen LogP contribution < -0.4 is 5.32 Å². The largest absolute Gasteiger partial charge is 0.302 e. The third-order valence-electron chi connectivity index (χ3n) is 3.82. The van der Waals surface area contributed by atoms with Crippen molar-refractivity contribution in [1.82, 2.24) is 5.32 Å². The number of aryl methyl sites for hydroxylation is 1. The van der Waals surface area contributed by atoms with Crippen LogP contribution in [-0.2, 0) is 6.54 Å². The molecule has 0 fully saturated rings. The zero-order chi connectivity index (χ0) is 11.8.